The van der Waals surface area contributed by atoms with Crippen LogP contribution in [0.25, 0.3) is 11.3 Å². The van der Waals surface area contributed by atoms with E-state index in [1.54, 1.807) is 28.9 Å². The smallest absolute Gasteiger partial charge is 0.249 e. The van der Waals surface area contributed by atoms with Crippen molar-refractivity contribution in [3.8, 4) is 11.3 Å². The highest BCUT2D eigenvalue weighted by atomic mass is 16.2. The van der Waals surface area contributed by atoms with Crippen LogP contribution in [0.3, 0.4) is 0 Å². The van der Waals surface area contributed by atoms with Gasteiger partial charge in [-0.3, -0.25) is 14.4 Å². The number of carbonyl (C=O) groups excluding carboxylic acids is 3. The number of hydrogen-bond acceptors (Lipinski definition) is 4. The van der Waals surface area contributed by atoms with Crippen molar-refractivity contribution in [2.45, 2.75) is 33.2 Å². The van der Waals surface area contributed by atoms with Gasteiger partial charge in [-0.15, -0.1) is 0 Å². The standard InChI is InChI=1S/C23H23N5O3/c1-13-7-9-16(10-8-13)21-14(2)22-26-20(30)12-19(28(22)27-21)23(31)25-18-6-4-5-17(11-18)24-15(3)29/h4-11,19H,12H2,1-3H3,(H,24,29)(H,25,31)(H,26,30)/t19-/m1/s1. The lowest BCUT2D eigenvalue weighted by molar-refractivity contribution is -0.125. The Balaban J connectivity index is 1.64. The molecule has 0 saturated heterocycles. The Hall–Kier alpha value is -3.94. The van der Waals surface area contributed by atoms with Crippen molar-refractivity contribution in [1.29, 1.82) is 0 Å². The number of hydrogen-bond donors (Lipinski definition) is 3. The number of benzene rings is 2. The minimum absolute atomic E-state index is 0.0152. The summed E-state index contributed by atoms with van der Waals surface area (Å²) >= 11 is 0. The van der Waals surface area contributed by atoms with Gasteiger partial charge >= 0.3 is 0 Å². The minimum atomic E-state index is -0.786. The van der Waals surface area contributed by atoms with E-state index in [0.717, 1.165) is 22.4 Å². The van der Waals surface area contributed by atoms with Crippen LogP contribution in [0.2, 0.25) is 0 Å². The third kappa shape index (κ3) is 4.18. The first-order valence-electron chi connectivity index (χ1n) is 9.96. The van der Waals surface area contributed by atoms with Crippen molar-refractivity contribution in [2.24, 2.45) is 0 Å². The fraction of sp³-hybridized carbons (Fsp3) is 0.217. The number of aromatic nitrogens is 2. The molecule has 4 rings (SSSR count). The maximum absolute atomic E-state index is 13.1. The summed E-state index contributed by atoms with van der Waals surface area (Å²) in [6.07, 6.45) is -0.0152. The molecule has 1 aromatic heterocycles. The highest BCUT2D eigenvalue weighted by Crippen LogP contribution is 2.34. The molecule has 1 aliphatic rings. The third-order valence-corrected chi connectivity index (χ3v) is 5.16. The number of rotatable bonds is 4. The van der Waals surface area contributed by atoms with E-state index < -0.39 is 6.04 Å². The van der Waals surface area contributed by atoms with Crippen molar-refractivity contribution < 1.29 is 14.4 Å². The number of amides is 3. The molecule has 0 saturated carbocycles. The van der Waals surface area contributed by atoms with Crippen LogP contribution in [0.1, 0.15) is 30.5 Å². The van der Waals surface area contributed by atoms with Crippen LogP contribution in [0, 0.1) is 13.8 Å². The summed E-state index contributed by atoms with van der Waals surface area (Å²) in [5, 5.41) is 13.0. The topological polar surface area (TPSA) is 105 Å². The molecule has 3 aromatic rings. The predicted molar refractivity (Wildman–Crippen MR) is 119 cm³/mol. The van der Waals surface area contributed by atoms with E-state index in [-0.39, 0.29) is 24.1 Å². The Morgan fingerprint density at radius 2 is 1.74 bits per heavy atom. The summed E-state index contributed by atoms with van der Waals surface area (Å²) in [7, 11) is 0. The van der Waals surface area contributed by atoms with E-state index in [9.17, 15) is 14.4 Å². The maximum Gasteiger partial charge on any atom is 0.249 e. The van der Waals surface area contributed by atoms with Gasteiger partial charge in [-0.05, 0) is 32.0 Å². The van der Waals surface area contributed by atoms with Gasteiger partial charge in [0.2, 0.25) is 17.7 Å². The minimum Gasteiger partial charge on any atom is -0.326 e. The second-order valence-corrected chi connectivity index (χ2v) is 7.65. The highest BCUT2D eigenvalue weighted by Gasteiger charge is 2.34. The van der Waals surface area contributed by atoms with Gasteiger partial charge in [0.05, 0.1) is 12.1 Å². The highest BCUT2D eigenvalue weighted by molar-refractivity contribution is 6.02. The molecule has 2 heterocycles. The molecular weight excluding hydrogens is 394 g/mol. The number of nitrogens with one attached hydrogen (secondary N) is 3. The quantitative estimate of drug-likeness (QED) is 0.603. The predicted octanol–water partition coefficient (Wildman–Crippen LogP) is 3.65. The molecule has 3 N–H and O–H groups in total. The lowest BCUT2D eigenvalue weighted by Gasteiger charge is -2.24. The zero-order chi connectivity index (χ0) is 22.1. The van der Waals surface area contributed by atoms with E-state index in [1.165, 1.54) is 6.92 Å². The Morgan fingerprint density at radius 3 is 2.42 bits per heavy atom. The maximum atomic E-state index is 13.1. The summed E-state index contributed by atoms with van der Waals surface area (Å²) in [5.41, 5.74) is 4.68. The number of carbonyl (C=O) groups is 3. The molecule has 31 heavy (non-hydrogen) atoms. The fourth-order valence-corrected chi connectivity index (χ4v) is 3.63. The molecule has 1 atom stereocenters. The summed E-state index contributed by atoms with van der Waals surface area (Å²) in [6, 6.07) is 14.0. The molecule has 0 bridgehead atoms. The van der Waals surface area contributed by atoms with Crippen molar-refractivity contribution in [3.63, 3.8) is 0 Å². The summed E-state index contributed by atoms with van der Waals surface area (Å²) in [5.74, 6) is -0.265. The van der Waals surface area contributed by atoms with E-state index in [1.807, 2.05) is 38.1 Å². The fourth-order valence-electron chi connectivity index (χ4n) is 3.63. The Labute approximate surface area is 179 Å². The lowest BCUT2D eigenvalue weighted by atomic mass is 10.1. The Bertz CT molecular complexity index is 1180. The monoisotopic (exact) mass is 417 g/mol. The molecule has 0 spiro atoms. The van der Waals surface area contributed by atoms with E-state index >= 15 is 0 Å². The molecule has 158 valence electrons. The average Bonchev–Trinajstić information content (AvgIpc) is 3.04. The van der Waals surface area contributed by atoms with Crippen LogP contribution in [0.15, 0.2) is 48.5 Å². The van der Waals surface area contributed by atoms with Crippen molar-refractivity contribution in [3.05, 3.63) is 59.7 Å². The molecule has 0 aliphatic carbocycles. The van der Waals surface area contributed by atoms with Crippen LogP contribution in [-0.2, 0) is 14.4 Å². The zero-order valence-corrected chi connectivity index (χ0v) is 17.5. The summed E-state index contributed by atoms with van der Waals surface area (Å²) < 4.78 is 1.58. The van der Waals surface area contributed by atoms with Gasteiger partial charge in [-0.2, -0.15) is 5.10 Å². The van der Waals surface area contributed by atoms with Crippen LogP contribution in [0.4, 0.5) is 17.2 Å². The summed E-state index contributed by atoms with van der Waals surface area (Å²) in [4.78, 5) is 36.7. The van der Waals surface area contributed by atoms with Crippen LogP contribution in [-0.4, -0.2) is 27.5 Å². The number of aryl methyl sites for hydroxylation is 1. The van der Waals surface area contributed by atoms with Crippen molar-refractivity contribution in [1.82, 2.24) is 9.78 Å². The summed E-state index contributed by atoms with van der Waals surface area (Å²) in [6.45, 7) is 5.31. The van der Waals surface area contributed by atoms with Gasteiger partial charge in [0.15, 0.2) is 0 Å². The third-order valence-electron chi connectivity index (χ3n) is 5.16. The first kappa shape index (κ1) is 20.3. The molecule has 8 heteroatoms. The molecule has 0 unspecified atom stereocenters. The zero-order valence-electron chi connectivity index (χ0n) is 17.5. The first-order valence-corrected chi connectivity index (χ1v) is 9.96. The second-order valence-electron chi connectivity index (χ2n) is 7.65. The van der Waals surface area contributed by atoms with Crippen molar-refractivity contribution in [2.75, 3.05) is 16.0 Å². The van der Waals surface area contributed by atoms with Crippen LogP contribution in [0.5, 0.6) is 0 Å². The van der Waals surface area contributed by atoms with Gasteiger partial charge in [0, 0.05) is 29.4 Å². The first-order chi connectivity index (χ1) is 14.8. The van der Waals surface area contributed by atoms with Gasteiger partial charge in [0.1, 0.15) is 11.9 Å². The van der Waals surface area contributed by atoms with Gasteiger partial charge in [0.25, 0.3) is 0 Å². The Morgan fingerprint density at radius 1 is 1.06 bits per heavy atom. The number of nitrogens with zero attached hydrogens (tertiary/aromatic N) is 2. The van der Waals surface area contributed by atoms with Crippen LogP contribution >= 0.6 is 0 Å². The van der Waals surface area contributed by atoms with E-state index in [0.29, 0.717) is 17.2 Å². The molecule has 3 amide bonds. The SMILES string of the molecule is CC(=O)Nc1cccc(NC(=O)[C@H]2CC(=O)Nc3c(C)c(-c4ccc(C)cc4)nn32)c1. The average molecular weight is 417 g/mol. The molecule has 8 nitrogen and oxygen atoms in total. The van der Waals surface area contributed by atoms with Gasteiger partial charge < -0.3 is 16.0 Å². The molecule has 1 aliphatic heterocycles. The molecule has 2 aromatic carbocycles. The second kappa shape index (κ2) is 8.06. The normalized spacial score (nSPS) is 15.1. The lowest BCUT2D eigenvalue weighted by Crippen LogP contribution is -2.35. The Kier molecular flexibility index (Phi) is 5.29. The molecule has 0 radical (unpaired) electrons. The molecule has 0 fully saturated rings. The van der Waals surface area contributed by atoms with Crippen LogP contribution < -0.4 is 16.0 Å². The van der Waals surface area contributed by atoms with Gasteiger partial charge in [-0.1, -0.05) is 35.9 Å². The number of anilines is 3. The van der Waals surface area contributed by atoms with E-state index in [2.05, 4.69) is 21.0 Å². The largest absolute Gasteiger partial charge is 0.326 e. The van der Waals surface area contributed by atoms with Gasteiger partial charge in [-0.25, -0.2) is 4.68 Å². The molecular formula is C23H23N5O3. The van der Waals surface area contributed by atoms with Crippen molar-refractivity contribution >= 4 is 34.9 Å². The number of fused-ring (bicyclic) bond motifs is 1. The van der Waals surface area contributed by atoms with E-state index in [4.69, 9.17) is 0 Å².